The molecule has 0 radical (unpaired) electrons. The molecule has 1 atom stereocenters. The number of nitriles is 1. The second-order valence-electron chi connectivity index (χ2n) is 7.79. The number of nitrogens with zero attached hydrogens (tertiary/aromatic N) is 2. The van der Waals surface area contributed by atoms with E-state index < -0.39 is 17.4 Å². The molecule has 29 heavy (non-hydrogen) atoms. The highest BCUT2D eigenvalue weighted by Gasteiger charge is 2.43. The van der Waals surface area contributed by atoms with Crippen LogP contribution in [0.25, 0.3) is 0 Å². The lowest BCUT2D eigenvalue weighted by Crippen LogP contribution is -2.33. The molecule has 2 aliphatic rings. The Labute approximate surface area is 167 Å². The molecule has 1 aromatic rings. The molecule has 1 aliphatic carbocycles. The first-order chi connectivity index (χ1) is 13.6. The Morgan fingerprint density at radius 1 is 1.41 bits per heavy atom. The van der Waals surface area contributed by atoms with Gasteiger partial charge in [-0.05, 0) is 35.8 Å². The van der Waals surface area contributed by atoms with Crippen LogP contribution in [0, 0.1) is 16.7 Å². The fraction of sp³-hybridized carbons (Fsp3) is 0.400. The van der Waals surface area contributed by atoms with Crippen molar-refractivity contribution < 1.29 is 29.8 Å². The van der Waals surface area contributed by atoms with Crippen molar-refractivity contribution in [1.29, 1.82) is 5.26 Å². The number of anilines is 1. The molecule has 0 unspecified atom stereocenters. The quantitative estimate of drug-likeness (QED) is 0.646. The molecule has 9 heteroatoms. The fourth-order valence-electron chi connectivity index (χ4n) is 3.80. The zero-order valence-corrected chi connectivity index (χ0v) is 16.4. The van der Waals surface area contributed by atoms with E-state index in [1.165, 1.54) is 12.1 Å². The normalized spacial score (nSPS) is 20.7. The number of allylic oxidation sites excluding steroid dienone is 3. The summed E-state index contributed by atoms with van der Waals surface area (Å²) in [7, 11) is 0. The minimum atomic E-state index is -0.911. The summed E-state index contributed by atoms with van der Waals surface area (Å²) in [6.07, 6.45) is 0.697. The van der Waals surface area contributed by atoms with Gasteiger partial charge in [-0.25, -0.2) is 0 Å². The highest BCUT2D eigenvalue weighted by atomic mass is 16.8. The van der Waals surface area contributed by atoms with Crippen molar-refractivity contribution >= 4 is 11.5 Å². The van der Waals surface area contributed by atoms with Gasteiger partial charge in [0.15, 0.2) is 5.78 Å². The van der Waals surface area contributed by atoms with Crippen molar-refractivity contribution in [3.8, 4) is 17.6 Å². The third-order valence-electron chi connectivity index (χ3n) is 4.98. The van der Waals surface area contributed by atoms with Crippen LogP contribution in [-0.4, -0.2) is 22.8 Å². The Morgan fingerprint density at radius 3 is 2.69 bits per heavy atom. The molecule has 0 saturated heterocycles. The van der Waals surface area contributed by atoms with Crippen molar-refractivity contribution in [2.24, 2.45) is 11.1 Å². The van der Waals surface area contributed by atoms with Crippen molar-refractivity contribution in [3.05, 3.63) is 40.5 Å². The van der Waals surface area contributed by atoms with Crippen LogP contribution in [0.15, 0.2) is 34.9 Å². The molecule has 154 valence electrons. The van der Waals surface area contributed by atoms with E-state index in [4.69, 9.17) is 15.2 Å². The number of rotatable bonds is 4. The highest BCUT2D eigenvalue weighted by Crippen LogP contribution is 2.49. The smallest absolute Gasteiger partial charge is 0.205 e. The lowest BCUT2D eigenvalue weighted by atomic mass is 9.70. The third-order valence-corrected chi connectivity index (χ3v) is 4.98. The van der Waals surface area contributed by atoms with E-state index in [-0.39, 0.29) is 52.2 Å². The Hall–Kier alpha value is -3.22. The van der Waals surface area contributed by atoms with Crippen molar-refractivity contribution in [3.63, 3.8) is 0 Å². The molecule has 1 aliphatic heterocycles. The zero-order chi connectivity index (χ0) is 21.5. The zero-order valence-electron chi connectivity index (χ0n) is 16.4. The predicted octanol–water partition coefficient (Wildman–Crippen LogP) is 2.19. The summed E-state index contributed by atoms with van der Waals surface area (Å²) in [5.41, 5.74) is 5.74. The molecule has 3 rings (SSSR count). The molecular weight excluding hydrogens is 378 g/mol. The van der Waals surface area contributed by atoms with Gasteiger partial charge in [0.2, 0.25) is 5.88 Å². The van der Waals surface area contributed by atoms with Crippen molar-refractivity contribution in [2.75, 3.05) is 11.8 Å². The summed E-state index contributed by atoms with van der Waals surface area (Å²) >= 11 is 0. The van der Waals surface area contributed by atoms with Gasteiger partial charge in [0.05, 0.1) is 18.2 Å². The number of nitrogens with two attached hydrogens (primary N) is 1. The first kappa shape index (κ1) is 20.5. The Balaban J connectivity index is 2.26. The van der Waals surface area contributed by atoms with E-state index >= 15 is 0 Å². The van der Waals surface area contributed by atoms with Gasteiger partial charge in [-0.3, -0.25) is 15.2 Å². The molecule has 1 aromatic carbocycles. The summed E-state index contributed by atoms with van der Waals surface area (Å²) in [4.78, 5) is 13.0. The number of hydrogen-bond donors (Lipinski definition) is 3. The summed E-state index contributed by atoms with van der Waals surface area (Å²) in [6.45, 7) is 5.69. The average molecular weight is 400 g/mol. The SMILES string of the molecule is CCOc1cc([C@H]2C(C#N)=C(N)OC3=C2C(=O)CC(C)(C)C3)cc(N(O)O)c1[O-]. The maximum Gasteiger partial charge on any atom is 0.205 e. The first-order valence-corrected chi connectivity index (χ1v) is 9.09. The van der Waals surface area contributed by atoms with Gasteiger partial charge in [0.1, 0.15) is 23.2 Å². The van der Waals surface area contributed by atoms with Crippen LogP contribution < -0.4 is 20.8 Å². The molecule has 4 N–H and O–H groups in total. The van der Waals surface area contributed by atoms with E-state index in [1.54, 1.807) is 6.92 Å². The number of Topliss-reactive ketones (excluding diaryl/α,β-unsaturated/α-hetero) is 1. The molecule has 0 aromatic heterocycles. The van der Waals surface area contributed by atoms with Crippen LogP contribution in [-0.2, 0) is 9.53 Å². The van der Waals surface area contributed by atoms with Crippen LogP contribution in [0.4, 0.5) is 5.69 Å². The second-order valence-corrected chi connectivity index (χ2v) is 7.79. The summed E-state index contributed by atoms with van der Waals surface area (Å²) in [6, 6.07) is 4.56. The maximum absolute atomic E-state index is 13.0. The van der Waals surface area contributed by atoms with Crippen molar-refractivity contribution in [2.45, 2.75) is 39.5 Å². The Bertz CT molecular complexity index is 971. The van der Waals surface area contributed by atoms with Crippen LogP contribution in [0.3, 0.4) is 0 Å². The standard InChI is InChI=1S/C20H23N3O6/c1-4-28-14-6-10(5-12(18(14)25)23(26)27)16-11(9-21)19(22)29-15-8-20(2,3)7-13(24)17(15)16/h5-6,16,25-27H,4,7-8,22H2,1-3H3/p-1/t16-/m0/s1. The number of hydrogen-bond acceptors (Lipinski definition) is 9. The number of carbonyl (C=O) groups is 1. The van der Waals surface area contributed by atoms with Gasteiger partial charge in [0.25, 0.3) is 0 Å². The fourth-order valence-corrected chi connectivity index (χ4v) is 3.80. The number of ether oxygens (including phenoxy) is 2. The van der Waals surface area contributed by atoms with Crippen LogP contribution in [0.1, 0.15) is 45.1 Å². The van der Waals surface area contributed by atoms with Gasteiger partial charge >= 0.3 is 0 Å². The second kappa shape index (κ2) is 7.31. The molecule has 0 saturated carbocycles. The summed E-state index contributed by atoms with van der Waals surface area (Å²) < 4.78 is 10.9. The van der Waals surface area contributed by atoms with Gasteiger partial charge in [0, 0.05) is 18.4 Å². The minimum Gasteiger partial charge on any atom is -0.868 e. The van der Waals surface area contributed by atoms with E-state index in [1.807, 2.05) is 19.9 Å². The van der Waals surface area contributed by atoms with Gasteiger partial charge in [-0.1, -0.05) is 13.8 Å². The lowest BCUT2D eigenvalue weighted by molar-refractivity contribution is -0.270. The third kappa shape index (κ3) is 3.60. The molecule has 0 spiro atoms. The van der Waals surface area contributed by atoms with E-state index in [0.29, 0.717) is 17.7 Å². The Kier molecular flexibility index (Phi) is 5.17. The number of benzene rings is 1. The van der Waals surface area contributed by atoms with Gasteiger partial charge in [-0.2, -0.15) is 5.26 Å². The lowest BCUT2D eigenvalue weighted by Gasteiger charge is -2.37. The number of carbonyl (C=O) groups excluding carboxylic acids is 1. The number of ketones is 1. The average Bonchev–Trinajstić information content (AvgIpc) is 2.61. The molecule has 0 fully saturated rings. The van der Waals surface area contributed by atoms with Crippen LogP contribution in [0.5, 0.6) is 11.5 Å². The van der Waals surface area contributed by atoms with Gasteiger partial charge in [-0.15, -0.1) is 5.23 Å². The topological polar surface area (TPSA) is 152 Å². The predicted molar refractivity (Wildman–Crippen MR) is 98.8 cm³/mol. The summed E-state index contributed by atoms with van der Waals surface area (Å²) in [5.74, 6) is -1.74. The summed E-state index contributed by atoms with van der Waals surface area (Å²) in [5, 5.41) is 40.7. The maximum atomic E-state index is 13.0. The van der Waals surface area contributed by atoms with E-state index in [0.717, 1.165) is 0 Å². The van der Waals surface area contributed by atoms with Crippen LogP contribution in [0.2, 0.25) is 0 Å². The monoisotopic (exact) mass is 400 g/mol. The molecule has 9 nitrogen and oxygen atoms in total. The first-order valence-electron chi connectivity index (χ1n) is 9.09. The molecule has 0 amide bonds. The van der Waals surface area contributed by atoms with E-state index in [9.17, 15) is 25.6 Å². The molecule has 1 heterocycles. The minimum absolute atomic E-state index is 0.00582. The molecule has 0 bridgehead atoms. The Morgan fingerprint density at radius 2 is 2.10 bits per heavy atom. The van der Waals surface area contributed by atoms with Crippen molar-refractivity contribution in [1.82, 2.24) is 0 Å². The molecular formula is C20H22N3O6-. The largest absolute Gasteiger partial charge is 0.868 e. The van der Waals surface area contributed by atoms with Crippen LogP contribution >= 0.6 is 0 Å². The van der Waals surface area contributed by atoms with Gasteiger partial charge < -0.3 is 20.3 Å². The highest BCUT2D eigenvalue weighted by molar-refractivity contribution is 6.00. The van der Waals surface area contributed by atoms with E-state index in [2.05, 4.69) is 0 Å².